The Morgan fingerprint density at radius 2 is 2.17 bits per heavy atom. The molecule has 4 nitrogen and oxygen atoms in total. The molecular weight excluding hydrogens is 246 g/mol. The molecule has 1 amide bonds. The van der Waals surface area contributed by atoms with Crippen LogP contribution in [0.3, 0.4) is 0 Å². The van der Waals surface area contributed by atoms with Crippen LogP contribution in [-0.4, -0.2) is 27.3 Å². The second kappa shape index (κ2) is 4.96. The van der Waals surface area contributed by atoms with E-state index < -0.39 is 0 Å². The van der Waals surface area contributed by atoms with Gasteiger partial charge in [0.2, 0.25) is 5.91 Å². The van der Waals surface area contributed by atoms with E-state index in [2.05, 4.69) is 10.3 Å². The number of hydrogen-bond acceptors (Lipinski definition) is 3. The number of rotatable bonds is 6. The van der Waals surface area contributed by atoms with Crippen LogP contribution in [0.4, 0.5) is 0 Å². The largest absolute Gasteiger partial charge is 0.352 e. The molecule has 98 valence electrons. The van der Waals surface area contributed by atoms with Gasteiger partial charge in [-0.3, -0.25) is 4.79 Å². The molecule has 0 aromatic carbocycles. The van der Waals surface area contributed by atoms with Gasteiger partial charge in [0.15, 0.2) is 5.16 Å². The molecule has 0 spiro atoms. The average molecular weight is 265 g/mol. The van der Waals surface area contributed by atoms with Crippen molar-refractivity contribution in [3.63, 3.8) is 0 Å². The fraction of sp³-hybridized carbons (Fsp3) is 0.692. The number of carbonyl (C=O) groups is 1. The molecule has 0 saturated heterocycles. The summed E-state index contributed by atoms with van der Waals surface area (Å²) in [7, 11) is 1.95. The van der Waals surface area contributed by atoms with Crippen LogP contribution in [-0.2, 0) is 11.8 Å². The van der Waals surface area contributed by atoms with Crippen LogP contribution in [0, 0.1) is 11.8 Å². The minimum atomic E-state index is 0.159. The van der Waals surface area contributed by atoms with Crippen LogP contribution >= 0.6 is 11.8 Å². The molecule has 1 aromatic rings. The van der Waals surface area contributed by atoms with Gasteiger partial charge in [-0.15, -0.1) is 0 Å². The molecule has 18 heavy (non-hydrogen) atoms. The highest BCUT2D eigenvalue weighted by molar-refractivity contribution is 7.99. The maximum absolute atomic E-state index is 12.0. The third-order valence-corrected chi connectivity index (χ3v) is 4.75. The first kappa shape index (κ1) is 12.1. The van der Waals surface area contributed by atoms with Gasteiger partial charge in [0.25, 0.3) is 0 Å². The summed E-state index contributed by atoms with van der Waals surface area (Å²) < 4.78 is 1.94. The maximum Gasteiger partial charge on any atom is 0.230 e. The van der Waals surface area contributed by atoms with Crippen molar-refractivity contribution in [3.8, 4) is 0 Å². The summed E-state index contributed by atoms with van der Waals surface area (Å²) in [6, 6.07) is 0.458. The maximum atomic E-state index is 12.0. The standard InChI is InChI=1S/C13H19N3OS/c1-16-7-6-14-13(16)18-8-11(17)15-12(9-2-3-9)10-4-5-10/h6-7,9-10,12H,2-5,8H2,1H3,(H,15,17). The minimum absolute atomic E-state index is 0.159. The van der Waals surface area contributed by atoms with Crippen molar-refractivity contribution in [2.24, 2.45) is 18.9 Å². The van der Waals surface area contributed by atoms with Crippen LogP contribution in [0.2, 0.25) is 0 Å². The first-order valence-electron chi connectivity index (χ1n) is 6.63. The van der Waals surface area contributed by atoms with Gasteiger partial charge in [-0.05, 0) is 37.5 Å². The lowest BCUT2D eigenvalue weighted by molar-refractivity contribution is -0.119. The average Bonchev–Trinajstić information content (AvgIpc) is 3.24. The minimum Gasteiger partial charge on any atom is -0.352 e. The van der Waals surface area contributed by atoms with Crippen LogP contribution < -0.4 is 5.32 Å². The van der Waals surface area contributed by atoms with Gasteiger partial charge < -0.3 is 9.88 Å². The predicted octanol–water partition coefficient (Wildman–Crippen LogP) is 1.82. The first-order chi connectivity index (χ1) is 8.74. The lowest BCUT2D eigenvalue weighted by Crippen LogP contribution is -2.39. The number of hydrogen-bond donors (Lipinski definition) is 1. The fourth-order valence-electron chi connectivity index (χ4n) is 2.38. The van der Waals surface area contributed by atoms with E-state index in [1.807, 2.05) is 17.8 Å². The molecule has 0 unspecified atom stereocenters. The van der Waals surface area contributed by atoms with E-state index in [1.54, 1.807) is 6.20 Å². The molecule has 0 atom stereocenters. The van der Waals surface area contributed by atoms with Gasteiger partial charge in [0.05, 0.1) is 5.75 Å². The summed E-state index contributed by atoms with van der Waals surface area (Å²) in [6.45, 7) is 0. The third kappa shape index (κ3) is 2.88. The van der Waals surface area contributed by atoms with Crippen LogP contribution in [0.5, 0.6) is 0 Å². The Morgan fingerprint density at radius 1 is 1.50 bits per heavy atom. The van der Waals surface area contributed by atoms with Crippen molar-refractivity contribution in [2.75, 3.05) is 5.75 Å². The number of aryl methyl sites for hydroxylation is 1. The predicted molar refractivity (Wildman–Crippen MR) is 71.3 cm³/mol. The zero-order valence-electron chi connectivity index (χ0n) is 10.6. The second-order valence-electron chi connectivity index (χ2n) is 5.38. The number of aromatic nitrogens is 2. The summed E-state index contributed by atoms with van der Waals surface area (Å²) in [5.41, 5.74) is 0. The van der Waals surface area contributed by atoms with Gasteiger partial charge in [-0.1, -0.05) is 11.8 Å². The second-order valence-corrected chi connectivity index (χ2v) is 6.32. The van der Waals surface area contributed by atoms with E-state index in [0.29, 0.717) is 11.8 Å². The summed E-state index contributed by atoms with van der Waals surface area (Å²) >= 11 is 1.51. The number of amides is 1. The Bertz CT molecular complexity index is 425. The highest BCUT2D eigenvalue weighted by Gasteiger charge is 2.42. The Morgan fingerprint density at radius 3 is 2.67 bits per heavy atom. The molecule has 1 aromatic heterocycles. The van der Waals surface area contributed by atoms with E-state index in [4.69, 9.17) is 0 Å². The number of imidazole rings is 1. The van der Waals surface area contributed by atoms with E-state index >= 15 is 0 Å². The van der Waals surface area contributed by atoms with Gasteiger partial charge in [0.1, 0.15) is 0 Å². The zero-order chi connectivity index (χ0) is 12.5. The van der Waals surface area contributed by atoms with E-state index in [0.717, 1.165) is 17.0 Å². The SMILES string of the molecule is Cn1ccnc1SCC(=O)NC(C1CC1)C1CC1. The third-order valence-electron chi connectivity index (χ3n) is 3.70. The van der Waals surface area contributed by atoms with Gasteiger partial charge >= 0.3 is 0 Å². The number of carbonyl (C=O) groups excluding carboxylic acids is 1. The number of nitrogens with zero attached hydrogens (tertiary/aromatic N) is 2. The zero-order valence-corrected chi connectivity index (χ0v) is 11.4. The molecule has 2 aliphatic rings. The molecule has 5 heteroatoms. The van der Waals surface area contributed by atoms with Crippen LogP contribution in [0.15, 0.2) is 17.6 Å². The molecule has 3 rings (SSSR count). The summed E-state index contributed by atoms with van der Waals surface area (Å²) in [4.78, 5) is 16.2. The van der Waals surface area contributed by atoms with Crippen molar-refractivity contribution in [1.82, 2.24) is 14.9 Å². The lowest BCUT2D eigenvalue weighted by atomic mass is 10.1. The Labute approximate surface area is 112 Å². The van der Waals surface area contributed by atoms with E-state index in [-0.39, 0.29) is 5.91 Å². The van der Waals surface area contributed by atoms with Gasteiger partial charge in [0, 0.05) is 25.5 Å². The molecule has 2 aliphatic carbocycles. The molecule has 2 fully saturated rings. The van der Waals surface area contributed by atoms with Crippen molar-refractivity contribution in [1.29, 1.82) is 0 Å². The van der Waals surface area contributed by atoms with Gasteiger partial charge in [-0.25, -0.2) is 4.98 Å². The van der Waals surface area contributed by atoms with Crippen molar-refractivity contribution >= 4 is 17.7 Å². The Hall–Kier alpha value is -0.970. The van der Waals surface area contributed by atoms with E-state index in [1.165, 1.54) is 37.4 Å². The summed E-state index contributed by atoms with van der Waals surface area (Å²) in [5, 5.41) is 4.13. The van der Waals surface area contributed by atoms with Crippen LogP contribution in [0.1, 0.15) is 25.7 Å². The summed E-state index contributed by atoms with van der Waals surface area (Å²) in [6.07, 6.45) is 8.86. The Balaban J connectivity index is 1.47. The van der Waals surface area contributed by atoms with Gasteiger partial charge in [-0.2, -0.15) is 0 Å². The normalized spacial score (nSPS) is 19.2. The molecule has 1 heterocycles. The lowest BCUT2D eigenvalue weighted by Gasteiger charge is -2.17. The Kier molecular flexibility index (Phi) is 3.33. The molecule has 1 N–H and O–H groups in total. The van der Waals surface area contributed by atoms with Crippen LogP contribution in [0.25, 0.3) is 0 Å². The first-order valence-corrected chi connectivity index (χ1v) is 7.62. The summed E-state index contributed by atoms with van der Waals surface area (Å²) in [5.74, 6) is 2.16. The monoisotopic (exact) mass is 265 g/mol. The quantitative estimate of drug-likeness (QED) is 0.798. The van der Waals surface area contributed by atoms with E-state index in [9.17, 15) is 4.79 Å². The smallest absolute Gasteiger partial charge is 0.230 e. The van der Waals surface area contributed by atoms with Crippen molar-refractivity contribution < 1.29 is 4.79 Å². The van der Waals surface area contributed by atoms with Crippen molar-refractivity contribution in [2.45, 2.75) is 36.9 Å². The molecule has 0 aliphatic heterocycles. The molecule has 0 bridgehead atoms. The topological polar surface area (TPSA) is 46.9 Å². The van der Waals surface area contributed by atoms with Crippen molar-refractivity contribution in [3.05, 3.63) is 12.4 Å². The number of nitrogens with one attached hydrogen (secondary N) is 1. The molecule has 2 saturated carbocycles. The highest BCUT2D eigenvalue weighted by Crippen LogP contribution is 2.44. The molecule has 0 radical (unpaired) electrons. The highest BCUT2D eigenvalue weighted by atomic mass is 32.2. The molecular formula is C13H19N3OS. The fourth-order valence-corrected chi connectivity index (χ4v) is 3.12. The number of thioether (sulfide) groups is 1.